The van der Waals surface area contributed by atoms with Crippen molar-refractivity contribution in [2.75, 3.05) is 7.11 Å². The Morgan fingerprint density at radius 1 is 1.05 bits per heavy atom. The summed E-state index contributed by atoms with van der Waals surface area (Å²) in [6.07, 6.45) is 4.10. The molecule has 2 aromatic carbocycles. The predicted molar refractivity (Wildman–Crippen MR) is 157 cm³/mol. The molecular weight excluding hydrogens is 508 g/mol. The second kappa shape index (κ2) is 13.4. The first-order valence-corrected chi connectivity index (χ1v) is 14.6. The number of hydrogen-bond acceptors (Lipinski definition) is 5. The molecule has 4 aromatic rings. The Bertz CT molecular complexity index is 1380. The summed E-state index contributed by atoms with van der Waals surface area (Å²) >= 11 is 1.73. The molecule has 2 amide bonds. The van der Waals surface area contributed by atoms with Crippen LogP contribution in [0.2, 0.25) is 0 Å². The van der Waals surface area contributed by atoms with Crippen LogP contribution in [0.1, 0.15) is 79.1 Å². The zero-order chi connectivity index (χ0) is 27.8. The van der Waals surface area contributed by atoms with E-state index < -0.39 is 6.04 Å². The minimum atomic E-state index is -0.618. The molecule has 0 spiro atoms. The largest absolute Gasteiger partial charge is 0.497 e. The Hall–Kier alpha value is -3.65. The number of fused-ring (bicyclic) bond motifs is 1. The number of carbonyl (C=O) groups is 2. The first-order chi connectivity index (χ1) is 19.0. The number of rotatable bonds is 13. The van der Waals surface area contributed by atoms with Crippen LogP contribution in [0.3, 0.4) is 0 Å². The fourth-order valence-electron chi connectivity index (χ4n) is 4.90. The van der Waals surface area contributed by atoms with Gasteiger partial charge >= 0.3 is 0 Å². The molecule has 0 fully saturated rings. The van der Waals surface area contributed by atoms with E-state index in [-0.39, 0.29) is 11.8 Å². The SMILES string of the molecule is CCCC(NC(=O)c1ccc2c(c1)nc(Cc1cccs1)n2C(CC)CC)C(=O)NCc1ccc(OC)cc1. The molecule has 8 heteroatoms. The number of benzene rings is 2. The topological polar surface area (TPSA) is 85.2 Å². The lowest BCUT2D eigenvalue weighted by Gasteiger charge is -2.19. The predicted octanol–water partition coefficient (Wildman–Crippen LogP) is 6.27. The minimum absolute atomic E-state index is 0.196. The quantitative estimate of drug-likeness (QED) is 0.207. The van der Waals surface area contributed by atoms with Crippen LogP contribution in [0.4, 0.5) is 0 Å². The molecule has 0 saturated carbocycles. The van der Waals surface area contributed by atoms with Crippen molar-refractivity contribution in [1.82, 2.24) is 20.2 Å². The molecule has 1 unspecified atom stereocenters. The van der Waals surface area contributed by atoms with Gasteiger partial charge in [-0.1, -0.05) is 45.4 Å². The molecule has 2 N–H and O–H groups in total. The van der Waals surface area contributed by atoms with Gasteiger partial charge in [0.1, 0.15) is 17.6 Å². The summed E-state index contributed by atoms with van der Waals surface area (Å²) in [5, 5.41) is 7.99. The van der Waals surface area contributed by atoms with Crippen molar-refractivity contribution in [3.63, 3.8) is 0 Å². The summed E-state index contributed by atoms with van der Waals surface area (Å²) in [4.78, 5) is 32.5. The Kier molecular flexibility index (Phi) is 9.76. The summed E-state index contributed by atoms with van der Waals surface area (Å²) in [6.45, 7) is 6.78. The van der Waals surface area contributed by atoms with Gasteiger partial charge in [-0.2, -0.15) is 0 Å². The molecule has 0 aliphatic heterocycles. The second-order valence-electron chi connectivity index (χ2n) is 9.71. The number of carbonyl (C=O) groups excluding carboxylic acids is 2. The molecule has 0 aliphatic carbocycles. The van der Waals surface area contributed by atoms with Crippen molar-refractivity contribution >= 4 is 34.2 Å². The van der Waals surface area contributed by atoms with E-state index >= 15 is 0 Å². The zero-order valence-electron chi connectivity index (χ0n) is 23.2. The Morgan fingerprint density at radius 3 is 2.46 bits per heavy atom. The number of imidazole rings is 1. The highest BCUT2D eigenvalue weighted by atomic mass is 32.1. The third kappa shape index (κ3) is 6.87. The van der Waals surface area contributed by atoms with E-state index in [0.717, 1.165) is 53.9 Å². The van der Waals surface area contributed by atoms with Crippen molar-refractivity contribution in [3.05, 3.63) is 81.8 Å². The van der Waals surface area contributed by atoms with Gasteiger partial charge < -0.3 is 19.9 Å². The van der Waals surface area contributed by atoms with Gasteiger partial charge in [0, 0.05) is 29.4 Å². The average molecular weight is 547 g/mol. The van der Waals surface area contributed by atoms with E-state index in [2.05, 4.69) is 46.6 Å². The lowest BCUT2D eigenvalue weighted by molar-refractivity contribution is -0.123. The smallest absolute Gasteiger partial charge is 0.252 e. The number of ether oxygens (including phenoxy) is 1. The standard InChI is InChI=1S/C31H38N4O3S/c1-5-9-26(31(37)32-20-21-11-14-24(38-4)15-12-21)34-30(36)22-13-16-28-27(18-22)33-29(19-25-10-8-17-39-25)35(28)23(6-2)7-3/h8,10-18,23,26H,5-7,9,19-20H2,1-4H3,(H,32,37)(H,34,36). The van der Waals surface area contributed by atoms with Crippen LogP contribution in [0.15, 0.2) is 60.0 Å². The number of thiophene rings is 1. The van der Waals surface area contributed by atoms with Crippen LogP contribution >= 0.6 is 11.3 Å². The van der Waals surface area contributed by atoms with Gasteiger partial charge in [0.25, 0.3) is 5.91 Å². The summed E-state index contributed by atoms with van der Waals surface area (Å²) in [5.74, 6) is 1.31. The molecule has 0 aliphatic rings. The van der Waals surface area contributed by atoms with Gasteiger partial charge in [0.15, 0.2) is 0 Å². The third-order valence-corrected chi connectivity index (χ3v) is 7.95. The van der Waals surface area contributed by atoms with Crippen LogP contribution in [0.5, 0.6) is 5.75 Å². The molecule has 206 valence electrons. The molecule has 0 saturated heterocycles. The van der Waals surface area contributed by atoms with Crippen LogP contribution in [0.25, 0.3) is 11.0 Å². The maximum atomic E-state index is 13.3. The first-order valence-electron chi connectivity index (χ1n) is 13.7. The maximum Gasteiger partial charge on any atom is 0.252 e. The van der Waals surface area contributed by atoms with Crippen LogP contribution in [0, 0.1) is 0 Å². The summed E-state index contributed by atoms with van der Waals surface area (Å²) in [5.41, 5.74) is 3.30. The highest BCUT2D eigenvalue weighted by Gasteiger charge is 2.22. The fraction of sp³-hybridized carbons (Fsp3) is 0.387. The van der Waals surface area contributed by atoms with Gasteiger partial charge in [0.05, 0.1) is 18.1 Å². The highest BCUT2D eigenvalue weighted by Crippen LogP contribution is 2.28. The van der Waals surface area contributed by atoms with E-state index in [1.165, 1.54) is 4.88 Å². The molecule has 4 rings (SSSR count). The van der Waals surface area contributed by atoms with Crippen molar-refractivity contribution in [1.29, 1.82) is 0 Å². The van der Waals surface area contributed by atoms with E-state index in [1.807, 2.05) is 49.4 Å². The van der Waals surface area contributed by atoms with Crippen molar-refractivity contribution in [2.24, 2.45) is 0 Å². The van der Waals surface area contributed by atoms with E-state index in [1.54, 1.807) is 18.4 Å². The fourth-order valence-corrected chi connectivity index (χ4v) is 5.60. The Morgan fingerprint density at radius 2 is 1.82 bits per heavy atom. The molecule has 0 bridgehead atoms. The molecule has 2 aromatic heterocycles. The number of methoxy groups -OCH3 is 1. The highest BCUT2D eigenvalue weighted by molar-refractivity contribution is 7.09. The summed E-state index contributed by atoms with van der Waals surface area (Å²) in [7, 11) is 1.62. The van der Waals surface area contributed by atoms with E-state index in [0.29, 0.717) is 24.6 Å². The molecule has 39 heavy (non-hydrogen) atoms. The van der Waals surface area contributed by atoms with Gasteiger partial charge in [0.2, 0.25) is 5.91 Å². The van der Waals surface area contributed by atoms with Crippen molar-refractivity contribution in [2.45, 2.75) is 71.5 Å². The van der Waals surface area contributed by atoms with E-state index in [4.69, 9.17) is 9.72 Å². The number of nitrogens with one attached hydrogen (secondary N) is 2. The molecular formula is C31H38N4O3S. The third-order valence-electron chi connectivity index (χ3n) is 7.07. The van der Waals surface area contributed by atoms with E-state index in [9.17, 15) is 9.59 Å². The van der Waals surface area contributed by atoms with Crippen molar-refractivity contribution < 1.29 is 14.3 Å². The van der Waals surface area contributed by atoms with Gasteiger partial charge in [-0.15, -0.1) is 11.3 Å². The lowest BCUT2D eigenvalue weighted by atomic mass is 10.1. The van der Waals surface area contributed by atoms with Gasteiger partial charge in [-0.25, -0.2) is 4.98 Å². The second-order valence-corrected chi connectivity index (χ2v) is 10.7. The molecule has 1 atom stereocenters. The molecule has 0 radical (unpaired) electrons. The zero-order valence-corrected chi connectivity index (χ0v) is 24.0. The Labute approximate surface area is 234 Å². The lowest BCUT2D eigenvalue weighted by Crippen LogP contribution is -2.46. The normalized spacial score (nSPS) is 12.0. The molecule has 2 heterocycles. The Balaban J connectivity index is 1.51. The van der Waals surface area contributed by atoms with Crippen LogP contribution in [-0.4, -0.2) is 34.5 Å². The summed E-state index contributed by atoms with van der Waals surface area (Å²) in [6, 6.07) is 17.1. The van der Waals surface area contributed by atoms with Crippen molar-refractivity contribution in [3.8, 4) is 5.75 Å². The maximum absolute atomic E-state index is 13.3. The monoisotopic (exact) mass is 546 g/mol. The summed E-state index contributed by atoms with van der Waals surface area (Å²) < 4.78 is 7.53. The number of amides is 2. The number of hydrogen-bond donors (Lipinski definition) is 2. The first kappa shape index (κ1) is 28.4. The van der Waals surface area contributed by atoms with Crippen LogP contribution in [-0.2, 0) is 17.8 Å². The average Bonchev–Trinajstić information content (AvgIpc) is 3.60. The number of nitrogens with zero attached hydrogens (tertiary/aromatic N) is 2. The molecule has 7 nitrogen and oxygen atoms in total. The van der Waals surface area contributed by atoms with Gasteiger partial charge in [-0.05, 0) is 66.6 Å². The van der Waals surface area contributed by atoms with Gasteiger partial charge in [-0.3, -0.25) is 9.59 Å². The number of aromatic nitrogens is 2. The minimum Gasteiger partial charge on any atom is -0.497 e. The van der Waals surface area contributed by atoms with Crippen LogP contribution < -0.4 is 15.4 Å².